The van der Waals surface area contributed by atoms with Crippen LogP contribution in [-0.2, 0) is 6.54 Å². The molecule has 1 atom stereocenters. The molecule has 5 rings (SSSR count). The number of hydrogen-bond donors (Lipinski definition) is 1. The minimum absolute atomic E-state index is 0.00455. The Morgan fingerprint density at radius 3 is 2.27 bits per heavy atom. The first kappa shape index (κ1) is 24.9. The molecule has 0 aliphatic carbocycles. The second-order valence-electron chi connectivity index (χ2n) is 8.24. The number of fused-ring (bicyclic) bond motifs is 3. The van der Waals surface area contributed by atoms with E-state index >= 15 is 0 Å². The highest BCUT2D eigenvalue weighted by Gasteiger charge is 2.41. The first-order valence-electron chi connectivity index (χ1n) is 10.5. The van der Waals surface area contributed by atoms with Gasteiger partial charge in [-0.2, -0.15) is 0 Å². The van der Waals surface area contributed by atoms with Gasteiger partial charge >= 0.3 is 0 Å². The Morgan fingerprint density at radius 2 is 1.65 bits per heavy atom. The molecule has 3 heterocycles. The Morgan fingerprint density at radius 1 is 1.00 bits per heavy atom. The molecular formula is C24H13F8N3OS. The van der Waals surface area contributed by atoms with Crippen molar-refractivity contribution in [2.75, 3.05) is 5.32 Å². The maximum atomic E-state index is 14.9. The largest absolute Gasteiger partial charge is 0.359 e. The zero-order chi connectivity index (χ0) is 26.8. The summed E-state index contributed by atoms with van der Waals surface area (Å²) in [6, 6.07) is 5.92. The van der Waals surface area contributed by atoms with Gasteiger partial charge in [0.05, 0.1) is 11.3 Å². The lowest BCUT2D eigenvalue weighted by atomic mass is 10.0. The van der Waals surface area contributed by atoms with Gasteiger partial charge in [0, 0.05) is 11.9 Å². The molecule has 13 heteroatoms. The summed E-state index contributed by atoms with van der Waals surface area (Å²) in [5.74, 6) is -12.7. The molecule has 0 saturated heterocycles. The van der Waals surface area contributed by atoms with Gasteiger partial charge in [-0.1, -0.05) is 12.1 Å². The molecule has 1 N–H and O–H groups in total. The lowest BCUT2D eigenvalue weighted by Crippen LogP contribution is -2.43. The molecule has 37 heavy (non-hydrogen) atoms. The van der Waals surface area contributed by atoms with E-state index in [9.17, 15) is 39.9 Å². The lowest BCUT2D eigenvalue weighted by Gasteiger charge is -2.37. The average molecular weight is 543 g/mol. The summed E-state index contributed by atoms with van der Waals surface area (Å²) in [6.45, 7) is 0.956. The van der Waals surface area contributed by atoms with Crippen LogP contribution >= 0.6 is 11.3 Å². The molecule has 2 aromatic carbocycles. The van der Waals surface area contributed by atoms with Crippen molar-refractivity contribution in [3.05, 3.63) is 92.5 Å². The highest BCUT2D eigenvalue weighted by molar-refractivity contribution is 7.21. The molecule has 0 bridgehead atoms. The van der Waals surface area contributed by atoms with E-state index in [1.54, 1.807) is 0 Å². The van der Waals surface area contributed by atoms with Crippen LogP contribution in [0.25, 0.3) is 10.2 Å². The SMILES string of the molecule is Cc1cc(C(F)F)nc2sc3c(c12)N[C@H](c1c(F)c(F)c(F)c(F)c1F)N(Cc1cccc(F)c1)C3=O. The third kappa shape index (κ3) is 3.97. The quantitative estimate of drug-likeness (QED) is 0.169. The monoisotopic (exact) mass is 543 g/mol. The second-order valence-corrected chi connectivity index (χ2v) is 9.24. The normalized spacial score (nSPS) is 15.5. The number of pyridine rings is 1. The summed E-state index contributed by atoms with van der Waals surface area (Å²) < 4.78 is 112. The van der Waals surface area contributed by atoms with E-state index in [1.165, 1.54) is 19.1 Å². The minimum Gasteiger partial charge on any atom is -0.359 e. The number of carbonyl (C=O) groups is 1. The maximum Gasteiger partial charge on any atom is 0.280 e. The van der Waals surface area contributed by atoms with Gasteiger partial charge in [0.15, 0.2) is 23.3 Å². The predicted molar refractivity (Wildman–Crippen MR) is 118 cm³/mol. The molecule has 1 amide bonds. The molecule has 4 nitrogen and oxygen atoms in total. The predicted octanol–water partition coefficient (Wildman–Crippen LogP) is 7.14. The average Bonchev–Trinajstić information content (AvgIpc) is 3.23. The van der Waals surface area contributed by atoms with Gasteiger partial charge in [0.25, 0.3) is 12.3 Å². The van der Waals surface area contributed by atoms with Gasteiger partial charge in [0.1, 0.15) is 27.4 Å². The second kappa shape index (κ2) is 8.98. The number of benzene rings is 2. The molecule has 1 aliphatic rings. The number of nitrogens with zero attached hydrogens (tertiary/aromatic N) is 2. The summed E-state index contributed by atoms with van der Waals surface area (Å²) in [7, 11) is 0. The summed E-state index contributed by atoms with van der Waals surface area (Å²) in [5, 5.41) is 2.83. The fraction of sp³-hybridized carbons (Fsp3) is 0.167. The summed E-state index contributed by atoms with van der Waals surface area (Å²) >= 11 is 0.718. The number of aryl methyl sites for hydroxylation is 1. The zero-order valence-corrected chi connectivity index (χ0v) is 19.3. The van der Waals surface area contributed by atoms with Crippen molar-refractivity contribution in [2.24, 2.45) is 0 Å². The first-order chi connectivity index (χ1) is 17.5. The number of aromatic nitrogens is 1. The number of halogens is 8. The molecular weight excluding hydrogens is 530 g/mol. The van der Waals surface area contributed by atoms with E-state index in [0.717, 1.165) is 34.4 Å². The highest BCUT2D eigenvalue weighted by atomic mass is 32.1. The van der Waals surface area contributed by atoms with Crippen molar-refractivity contribution in [1.29, 1.82) is 0 Å². The van der Waals surface area contributed by atoms with E-state index < -0.39 is 71.2 Å². The van der Waals surface area contributed by atoms with Crippen LogP contribution in [0.15, 0.2) is 30.3 Å². The number of nitrogens with one attached hydrogen (secondary N) is 1. The Kier molecular flexibility index (Phi) is 6.05. The van der Waals surface area contributed by atoms with Crippen LogP contribution in [0, 0.1) is 41.8 Å². The van der Waals surface area contributed by atoms with Crippen molar-refractivity contribution >= 4 is 33.1 Å². The van der Waals surface area contributed by atoms with Gasteiger partial charge < -0.3 is 10.2 Å². The Labute approximate surface area is 207 Å². The molecule has 0 spiro atoms. The van der Waals surface area contributed by atoms with Gasteiger partial charge in [0.2, 0.25) is 5.82 Å². The van der Waals surface area contributed by atoms with Crippen molar-refractivity contribution in [1.82, 2.24) is 9.88 Å². The third-order valence-corrected chi connectivity index (χ3v) is 6.98. The Bertz CT molecular complexity index is 1560. The molecule has 0 saturated carbocycles. The lowest BCUT2D eigenvalue weighted by molar-refractivity contribution is 0.0664. The number of carbonyl (C=O) groups excluding carboxylic acids is 1. The van der Waals surface area contributed by atoms with Crippen LogP contribution in [0.5, 0.6) is 0 Å². The number of alkyl halides is 2. The minimum atomic E-state index is -2.92. The first-order valence-corrected chi connectivity index (χ1v) is 11.4. The smallest absolute Gasteiger partial charge is 0.280 e. The van der Waals surface area contributed by atoms with E-state index in [-0.39, 0.29) is 31.9 Å². The van der Waals surface area contributed by atoms with Crippen LogP contribution in [0.2, 0.25) is 0 Å². The van der Waals surface area contributed by atoms with Crippen LogP contribution in [0.3, 0.4) is 0 Å². The van der Waals surface area contributed by atoms with E-state index in [1.807, 2.05) is 0 Å². The number of thiophene rings is 1. The van der Waals surface area contributed by atoms with E-state index in [0.29, 0.717) is 0 Å². The topological polar surface area (TPSA) is 45.2 Å². The molecule has 192 valence electrons. The molecule has 1 aliphatic heterocycles. The van der Waals surface area contributed by atoms with Crippen molar-refractivity contribution in [2.45, 2.75) is 26.1 Å². The van der Waals surface area contributed by atoms with Crippen LogP contribution in [0.1, 0.15) is 44.6 Å². The van der Waals surface area contributed by atoms with Crippen LogP contribution in [0.4, 0.5) is 40.8 Å². The van der Waals surface area contributed by atoms with Crippen LogP contribution in [-0.4, -0.2) is 15.8 Å². The maximum absolute atomic E-state index is 14.9. The molecule has 0 fully saturated rings. The number of anilines is 1. The van der Waals surface area contributed by atoms with Crippen molar-refractivity contribution in [3.8, 4) is 0 Å². The number of amides is 1. The van der Waals surface area contributed by atoms with Crippen molar-refractivity contribution < 1.29 is 39.9 Å². The Hall–Kier alpha value is -3.74. The Balaban J connectivity index is 1.74. The molecule has 4 aromatic rings. The van der Waals surface area contributed by atoms with E-state index in [2.05, 4.69) is 10.3 Å². The summed E-state index contributed by atoms with van der Waals surface area (Å²) in [6.07, 6.45) is -4.85. The van der Waals surface area contributed by atoms with E-state index in [4.69, 9.17) is 0 Å². The third-order valence-electron chi connectivity index (χ3n) is 5.91. The number of hydrogen-bond acceptors (Lipinski definition) is 4. The van der Waals surface area contributed by atoms with Gasteiger partial charge in [-0.05, 0) is 36.2 Å². The highest BCUT2D eigenvalue weighted by Crippen LogP contribution is 2.46. The van der Waals surface area contributed by atoms with Gasteiger partial charge in [-0.15, -0.1) is 11.3 Å². The van der Waals surface area contributed by atoms with Crippen LogP contribution < -0.4 is 5.32 Å². The fourth-order valence-electron chi connectivity index (χ4n) is 4.25. The standard InChI is InChI=1S/C24H13F8N3OS/c1-8-5-11(21(31)32)33-23-12(8)19-20(37-23)24(36)35(7-9-3-2-4-10(25)6-9)22(34-19)13-14(26)16(28)18(30)17(29)15(13)27/h2-6,21-22,34H,7H2,1H3/t22-/m0/s1. The zero-order valence-electron chi connectivity index (χ0n) is 18.5. The van der Waals surface area contributed by atoms with Gasteiger partial charge in [-0.3, -0.25) is 4.79 Å². The molecule has 2 aromatic heterocycles. The summed E-state index contributed by atoms with van der Waals surface area (Å²) in [5.41, 5.74) is -1.55. The molecule has 0 unspecified atom stereocenters. The molecule has 0 radical (unpaired) electrons. The van der Waals surface area contributed by atoms with Gasteiger partial charge in [-0.25, -0.2) is 40.1 Å². The van der Waals surface area contributed by atoms with Crippen molar-refractivity contribution in [3.63, 3.8) is 0 Å². The number of rotatable bonds is 4. The summed E-state index contributed by atoms with van der Waals surface area (Å²) in [4.78, 5) is 18.1. The fourth-order valence-corrected chi connectivity index (χ4v) is 5.43.